The molecular formula is C17H27BrN4O2S. The van der Waals surface area contributed by atoms with E-state index in [-0.39, 0.29) is 6.03 Å². The van der Waals surface area contributed by atoms with Crippen LogP contribution in [-0.4, -0.2) is 48.8 Å². The number of hydrogen-bond donors (Lipinski definition) is 2. The first-order valence-corrected chi connectivity index (χ1v) is 9.92. The van der Waals surface area contributed by atoms with Crippen molar-refractivity contribution in [1.82, 2.24) is 15.2 Å². The van der Waals surface area contributed by atoms with Gasteiger partial charge in [-0.1, -0.05) is 36.0 Å². The molecule has 1 aromatic heterocycles. The molecule has 1 aliphatic heterocycles. The minimum absolute atomic E-state index is 0.231. The van der Waals surface area contributed by atoms with Crippen LogP contribution in [0.4, 0.5) is 9.93 Å². The number of hydrogen-bond acceptors (Lipinski definition) is 5. The van der Waals surface area contributed by atoms with Gasteiger partial charge in [0.05, 0.1) is 23.2 Å². The van der Waals surface area contributed by atoms with Crippen LogP contribution >= 0.6 is 27.3 Å². The van der Waals surface area contributed by atoms with Crippen LogP contribution < -0.4 is 10.6 Å². The third-order valence-corrected chi connectivity index (χ3v) is 4.58. The molecule has 1 aromatic rings. The zero-order chi connectivity index (χ0) is 18.5. The number of nitrogens with zero attached hydrogens (tertiary/aromatic N) is 2. The van der Waals surface area contributed by atoms with Gasteiger partial charge in [0.15, 0.2) is 5.13 Å². The van der Waals surface area contributed by atoms with Crippen molar-refractivity contribution in [2.75, 3.05) is 38.2 Å². The minimum atomic E-state index is -0.231. The van der Waals surface area contributed by atoms with E-state index in [9.17, 15) is 4.79 Å². The highest BCUT2D eigenvalue weighted by molar-refractivity contribution is 9.11. The number of amides is 2. The Morgan fingerprint density at radius 3 is 2.76 bits per heavy atom. The van der Waals surface area contributed by atoms with E-state index in [2.05, 4.69) is 61.7 Å². The molecular weight excluding hydrogens is 404 g/mol. The fourth-order valence-electron chi connectivity index (χ4n) is 2.03. The SMILES string of the molecule is C/C=C/N1CCOCC1.CC/C=C(\C)CNC(=O)Nc1ncc(Br)s1. The number of ether oxygens (including phenoxy) is 1. The molecule has 0 saturated carbocycles. The third-order valence-electron chi connectivity index (χ3n) is 3.18. The lowest BCUT2D eigenvalue weighted by Crippen LogP contribution is -2.31. The zero-order valence-electron chi connectivity index (χ0n) is 15.0. The van der Waals surface area contributed by atoms with Crippen molar-refractivity contribution in [3.05, 3.63) is 33.9 Å². The van der Waals surface area contributed by atoms with E-state index in [1.165, 1.54) is 11.3 Å². The van der Waals surface area contributed by atoms with Gasteiger partial charge < -0.3 is 15.0 Å². The average molecular weight is 431 g/mol. The molecule has 2 amide bonds. The second-order valence-electron chi connectivity index (χ2n) is 5.37. The highest BCUT2D eigenvalue weighted by atomic mass is 79.9. The zero-order valence-corrected chi connectivity index (χ0v) is 17.5. The summed E-state index contributed by atoms with van der Waals surface area (Å²) in [6.07, 6.45) is 8.89. The Bertz CT molecular complexity index is 569. The van der Waals surface area contributed by atoms with Crippen LogP contribution in [0.3, 0.4) is 0 Å². The Kier molecular flexibility index (Phi) is 11.2. The molecule has 2 heterocycles. The van der Waals surface area contributed by atoms with Crippen molar-refractivity contribution in [2.45, 2.75) is 27.2 Å². The first kappa shape index (κ1) is 21.7. The molecule has 1 fully saturated rings. The second kappa shape index (κ2) is 12.9. The summed E-state index contributed by atoms with van der Waals surface area (Å²) in [6, 6.07) is -0.231. The number of morpholine rings is 1. The molecule has 0 atom stereocenters. The topological polar surface area (TPSA) is 66.5 Å². The summed E-state index contributed by atoms with van der Waals surface area (Å²) < 4.78 is 6.06. The van der Waals surface area contributed by atoms with Crippen LogP contribution in [0, 0.1) is 0 Å². The first-order chi connectivity index (χ1) is 12.0. The van der Waals surface area contributed by atoms with Gasteiger partial charge >= 0.3 is 6.03 Å². The maximum Gasteiger partial charge on any atom is 0.321 e. The van der Waals surface area contributed by atoms with E-state index in [1.807, 2.05) is 13.8 Å². The molecule has 6 nitrogen and oxygen atoms in total. The largest absolute Gasteiger partial charge is 0.378 e. The van der Waals surface area contributed by atoms with Crippen molar-refractivity contribution in [3.63, 3.8) is 0 Å². The van der Waals surface area contributed by atoms with E-state index >= 15 is 0 Å². The van der Waals surface area contributed by atoms with Crippen LogP contribution in [0.25, 0.3) is 0 Å². The van der Waals surface area contributed by atoms with E-state index in [0.717, 1.165) is 42.1 Å². The van der Waals surface area contributed by atoms with Crippen molar-refractivity contribution in [3.8, 4) is 0 Å². The van der Waals surface area contributed by atoms with Gasteiger partial charge in [-0.25, -0.2) is 9.78 Å². The lowest BCUT2D eigenvalue weighted by atomic mass is 10.2. The minimum Gasteiger partial charge on any atom is -0.378 e. The number of thiazole rings is 1. The smallest absolute Gasteiger partial charge is 0.321 e. The Morgan fingerprint density at radius 1 is 1.48 bits per heavy atom. The second-order valence-corrected chi connectivity index (χ2v) is 7.78. The quantitative estimate of drug-likeness (QED) is 0.685. The first-order valence-electron chi connectivity index (χ1n) is 8.31. The summed E-state index contributed by atoms with van der Waals surface area (Å²) in [5, 5.41) is 6.00. The Hall–Kier alpha value is -1.38. The molecule has 1 aliphatic rings. The van der Waals surface area contributed by atoms with Crippen LogP contribution in [0.15, 0.2) is 33.9 Å². The summed E-state index contributed by atoms with van der Waals surface area (Å²) in [6.45, 7) is 10.5. The number of aromatic nitrogens is 1. The van der Waals surface area contributed by atoms with E-state index in [0.29, 0.717) is 11.7 Å². The Balaban J connectivity index is 0.000000293. The molecule has 0 aliphatic carbocycles. The molecule has 2 N–H and O–H groups in total. The summed E-state index contributed by atoms with van der Waals surface area (Å²) in [4.78, 5) is 17.7. The summed E-state index contributed by atoms with van der Waals surface area (Å²) in [5.74, 6) is 0. The van der Waals surface area contributed by atoms with Crippen LogP contribution in [0.1, 0.15) is 27.2 Å². The van der Waals surface area contributed by atoms with Crippen molar-refractivity contribution in [1.29, 1.82) is 0 Å². The predicted molar refractivity (Wildman–Crippen MR) is 108 cm³/mol. The molecule has 2 rings (SSSR count). The van der Waals surface area contributed by atoms with Gasteiger partial charge in [0.2, 0.25) is 0 Å². The van der Waals surface area contributed by atoms with Crippen molar-refractivity contribution < 1.29 is 9.53 Å². The standard InChI is InChI=1S/C10H14BrN3OS.C7H13NO/c1-3-4-7(2)5-12-9(15)14-10-13-6-8(11)16-10;1-2-3-8-4-6-9-7-5-8/h4,6H,3,5H2,1-2H3,(H2,12,13,14,15);2-3H,4-7H2,1H3/b7-4+;3-2+. The number of rotatable bonds is 5. The number of allylic oxidation sites excluding steroid dienone is 2. The fraction of sp³-hybridized carbons (Fsp3) is 0.529. The Morgan fingerprint density at radius 2 is 2.20 bits per heavy atom. The molecule has 0 spiro atoms. The number of carbonyl (C=O) groups is 1. The normalized spacial score (nSPS) is 14.9. The maximum atomic E-state index is 11.4. The molecule has 0 bridgehead atoms. The van der Waals surface area contributed by atoms with Gasteiger partial charge in [-0.05, 0) is 42.4 Å². The van der Waals surface area contributed by atoms with Crippen molar-refractivity contribution in [2.24, 2.45) is 0 Å². The number of halogens is 1. The molecule has 0 aromatic carbocycles. The third kappa shape index (κ3) is 10.3. The molecule has 0 radical (unpaired) electrons. The van der Waals surface area contributed by atoms with Gasteiger partial charge in [0.1, 0.15) is 0 Å². The summed E-state index contributed by atoms with van der Waals surface area (Å²) in [5.41, 5.74) is 1.15. The number of anilines is 1. The highest BCUT2D eigenvalue weighted by Gasteiger charge is 2.05. The van der Waals surface area contributed by atoms with Gasteiger partial charge in [-0.3, -0.25) is 5.32 Å². The average Bonchev–Trinajstić information content (AvgIpc) is 3.00. The van der Waals surface area contributed by atoms with Crippen LogP contribution in [0.5, 0.6) is 0 Å². The number of nitrogens with one attached hydrogen (secondary N) is 2. The van der Waals surface area contributed by atoms with Crippen LogP contribution in [-0.2, 0) is 4.74 Å². The van der Waals surface area contributed by atoms with E-state index in [4.69, 9.17) is 4.74 Å². The molecule has 25 heavy (non-hydrogen) atoms. The van der Waals surface area contributed by atoms with E-state index in [1.54, 1.807) is 6.20 Å². The van der Waals surface area contributed by atoms with Gasteiger partial charge in [0, 0.05) is 19.6 Å². The molecule has 8 heteroatoms. The Labute approximate surface area is 162 Å². The summed E-state index contributed by atoms with van der Waals surface area (Å²) >= 11 is 4.66. The van der Waals surface area contributed by atoms with Crippen molar-refractivity contribution >= 4 is 38.4 Å². The van der Waals surface area contributed by atoms with Gasteiger partial charge in [-0.2, -0.15) is 0 Å². The summed E-state index contributed by atoms with van der Waals surface area (Å²) in [7, 11) is 0. The predicted octanol–water partition coefficient (Wildman–Crippen LogP) is 4.24. The number of carbonyl (C=O) groups excluding carboxylic acids is 1. The fourth-order valence-corrected chi connectivity index (χ4v) is 3.13. The van der Waals surface area contributed by atoms with Crippen LogP contribution in [0.2, 0.25) is 0 Å². The monoisotopic (exact) mass is 430 g/mol. The lowest BCUT2D eigenvalue weighted by Gasteiger charge is -2.24. The molecule has 140 valence electrons. The van der Waals surface area contributed by atoms with E-state index < -0.39 is 0 Å². The lowest BCUT2D eigenvalue weighted by molar-refractivity contribution is 0.0593. The number of urea groups is 1. The maximum absolute atomic E-state index is 11.4. The van der Waals surface area contributed by atoms with Gasteiger partial charge in [-0.15, -0.1) is 0 Å². The molecule has 1 saturated heterocycles. The molecule has 0 unspecified atom stereocenters. The highest BCUT2D eigenvalue weighted by Crippen LogP contribution is 2.22. The van der Waals surface area contributed by atoms with Gasteiger partial charge in [0.25, 0.3) is 0 Å².